The Labute approximate surface area is 147 Å². The molecular weight excluding hydrogens is 320 g/mol. The van der Waals surface area contributed by atoms with E-state index in [4.69, 9.17) is 10.00 Å². The molecule has 1 amide bonds. The van der Waals surface area contributed by atoms with E-state index in [0.717, 1.165) is 30.0 Å². The molecule has 0 spiro atoms. The highest BCUT2D eigenvalue weighted by atomic mass is 16.5. The number of hydrogen-bond donors (Lipinski definition) is 1. The van der Waals surface area contributed by atoms with Crippen LogP contribution < -0.4 is 15.0 Å². The molecule has 0 aliphatic carbocycles. The number of fused-ring (bicyclic) bond motifs is 1. The Balaban J connectivity index is 1.91. The van der Waals surface area contributed by atoms with Crippen molar-refractivity contribution in [1.82, 2.24) is 20.2 Å². The summed E-state index contributed by atoms with van der Waals surface area (Å²) in [7, 11) is 1.56. The van der Waals surface area contributed by atoms with Gasteiger partial charge in [0.05, 0.1) is 31.3 Å². The number of anilines is 1. The van der Waals surface area contributed by atoms with Crippen molar-refractivity contribution in [2.45, 2.75) is 25.4 Å². The minimum Gasteiger partial charge on any atom is -0.467 e. The number of carbonyl (C=O) groups is 1. The number of amides is 1. The molecule has 3 rings (SSSR count). The third-order valence-corrected chi connectivity index (χ3v) is 4.64. The fraction of sp³-hybridized carbons (Fsp3) is 0.529. The molecule has 3 heterocycles. The zero-order chi connectivity index (χ0) is 17.8. The van der Waals surface area contributed by atoms with Crippen molar-refractivity contribution in [1.29, 1.82) is 5.26 Å². The summed E-state index contributed by atoms with van der Waals surface area (Å²) in [6.07, 6.45) is 2.44. The predicted molar refractivity (Wildman–Crippen MR) is 92.1 cm³/mol. The van der Waals surface area contributed by atoms with Gasteiger partial charge in [0.1, 0.15) is 5.82 Å². The van der Waals surface area contributed by atoms with Gasteiger partial charge >= 0.3 is 6.01 Å². The lowest BCUT2D eigenvalue weighted by molar-refractivity contribution is -0.128. The van der Waals surface area contributed by atoms with Crippen LogP contribution in [0.2, 0.25) is 0 Å². The number of nitriles is 1. The molecule has 1 aromatic heterocycles. The summed E-state index contributed by atoms with van der Waals surface area (Å²) in [4.78, 5) is 24.9. The van der Waals surface area contributed by atoms with Crippen LogP contribution in [0.4, 0.5) is 5.82 Å². The number of carbonyl (C=O) groups excluding carboxylic acids is 1. The number of nitrogens with zero attached hydrogens (tertiary/aromatic N) is 5. The Morgan fingerprint density at radius 1 is 1.52 bits per heavy atom. The maximum atomic E-state index is 12.1. The molecule has 1 aromatic rings. The van der Waals surface area contributed by atoms with E-state index in [0.29, 0.717) is 32.2 Å². The van der Waals surface area contributed by atoms with E-state index in [9.17, 15) is 4.79 Å². The number of ether oxygens (including phenoxy) is 1. The summed E-state index contributed by atoms with van der Waals surface area (Å²) < 4.78 is 5.26. The lowest BCUT2D eigenvalue weighted by atomic mass is 10.0. The van der Waals surface area contributed by atoms with Crippen molar-refractivity contribution >= 4 is 11.7 Å². The number of piperazine rings is 1. The Hall–Kier alpha value is -2.66. The van der Waals surface area contributed by atoms with E-state index < -0.39 is 0 Å². The van der Waals surface area contributed by atoms with Crippen LogP contribution in [-0.2, 0) is 17.8 Å². The average Bonchev–Trinajstić information content (AvgIpc) is 2.66. The van der Waals surface area contributed by atoms with Gasteiger partial charge in [-0.3, -0.25) is 4.79 Å². The standard InChI is InChI=1S/C17H22N6O2/c1-3-15(24)23-9-8-22(11-12(23)4-6-18)16-13-5-7-19-10-14(13)20-17(21-16)25-2/h3,12,19H,1,4-5,7-11H2,2H3. The minimum atomic E-state index is -0.178. The van der Waals surface area contributed by atoms with Gasteiger partial charge in [0.2, 0.25) is 5.91 Å². The highest BCUT2D eigenvalue weighted by molar-refractivity contribution is 5.87. The molecular formula is C17H22N6O2. The van der Waals surface area contributed by atoms with Crippen LogP contribution in [0, 0.1) is 11.3 Å². The summed E-state index contributed by atoms with van der Waals surface area (Å²) in [5.74, 6) is 0.725. The quantitative estimate of drug-likeness (QED) is 0.784. The summed E-state index contributed by atoms with van der Waals surface area (Å²) in [6, 6.07) is 2.35. The Morgan fingerprint density at radius 3 is 3.08 bits per heavy atom. The Morgan fingerprint density at radius 2 is 2.36 bits per heavy atom. The number of aromatic nitrogens is 2. The first kappa shape index (κ1) is 17.2. The normalized spacial score (nSPS) is 19.8. The molecule has 0 saturated carbocycles. The Bertz CT molecular complexity index is 714. The van der Waals surface area contributed by atoms with E-state index in [-0.39, 0.29) is 18.4 Å². The topological polar surface area (TPSA) is 94.4 Å². The molecule has 1 N–H and O–H groups in total. The number of nitrogens with one attached hydrogen (secondary N) is 1. The second-order valence-electron chi connectivity index (χ2n) is 6.08. The van der Waals surface area contributed by atoms with Crippen molar-refractivity contribution in [3.63, 3.8) is 0 Å². The molecule has 25 heavy (non-hydrogen) atoms. The van der Waals surface area contributed by atoms with E-state index in [1.54, 1.807) is 12.0 Å². The van der Waals surface area contributed by atoms with Gasteiger partial charge in [-0.1, -0.05) is 6.58 Å². The number of rotatable bonds is 4. The first-order valence-corrected chi connectivity index (χ1v) is 8.37. The second kappa shape index (κ2) is 7.49. The third kappa shape index (κ3) is 3.42. The summed E-state index contributed by atoms with van der Waals surface area (Å²) in [5.41, 5.74) is 2.08. The Kier molecular flexibility index (Phi) is 5.14. The minimum absolute atomic E-state index is 0.133. The SMILES string of the molecule is C=CC(=O)N1CCN(c2nc(OC)nc3c2CCNC3)CC1CC#N. The largest absolute Gasteiger partial charge is 0.467 e. The maximum absolute atomic E-state index is 12.1. The lowest BCUT2D eigenvalue weighted by Crippen LogP contribution is -2.55. The van der Waals surface area contributed by atoms with Gasteiger partial charge in [0.15, 0.2) is 0 Å². The summed E-state index contributed by atoms with van der Waals surface area (Å²) in [5, 5.41) is 12.4. The zero-order valence-electron chi connectivity index (χ0n) is 14.4. The van der Waals surface area contributed by atoms with Gasteiger partial charge in [-0.15, -0.1) is 0 Å². The van der Waals surface area contributed by atoms with E-state index >= 15 is 0 Å². The van der Waals surface area contributed by atoms with Gasteiger partial charge in [-0.25, -0.2) is 0 Å². The average molecular weight is 342 g/mol. The van der Waals surface area contributed by atoms with Crippen LogP contribution in [0.25, 0.3) is 0 Å². The number of methoxy groups -OCH3 is 1. The van der Waals surface area contributed by atoms with Gasteiger partial charge in [-0.05, 0) is 19.0 Å². The van der Waals surface area contributed by atoms with E-state index in [2.05, 4.69) is 32.8 Å². The molecule has 1 atom stereocenters. The lowest BCUT2D eigenvalue weighted by Gasteiger charge is -2.41. The van der Waals surface area contributed by atoms with Crippen LogP contribution in [0.15, 0.2) is 12.7 Å². The molecule has 0 radical (unpaired) electrons. The molecule has 2 aliphatic heterocycles. The summed E-state index contributed by atoms with van der Waals surface area (Å²) in [6.45, 7) is 6.88. The molecule has 8 nitrogen and oxygen atoms in total. The fourth-order valence-corrected chi connectivity index (χ4v) is 3.41. The van der Waals surface area contributed by atoms with Crippen molar-refractivity contribution in [3.8, 4) is 12.1 Å². The fourth-order valence-electron chi connectivity index (χ4n) is 3.41. The van der Waals surface area contributed by atoms with Crippen molar-refractivity contribution in [3.05, 3.63) is 23.9 Å². The van der Waals surface area contributed by atoms with Crippen molar-refractivity contribution in [2.24, 2.45) is 0 Å². The molecule has 1 unspecified atom stereocenters. The third-order valence-electron chi connectivity index (χ3n) is 4.64. The second-order valence-corrected chi connectivity index (χ2v) is 6.08. The molecule has 2 aliphatic rings. The van der Waals surface area contributed by atoms with Crippen LogP contribution in [-0.4, -0.2) is 60.1 Å². The van der Waals surface area contributed by atoms with Gasteiger partial charge in [-0.2, -0.15) is 15.2 Å². The van der Waals surface area contributed by atoms with Gasteiger partial charge in [0.25, 0.3) is 0 Å². The van der Waals surface area contributed by atoms with Crippen LogP contribution in [0.5, 0.6) is 6.01 Å². The van der Waals surface area contributed by atoms with Crippen LogP contribution in [0.3, 0.4) is 0 Å². The maximum Gasteiger partial charge on any atom is 0.318 e. The molecule has 0 aromatic carbocycles. The molecule has 8 heteroatoms. The molecule has 1 saturated heterocycles. The highest BCUT2D eigenvalue weighted by Gasteiger charge is 2.32. The van der Waals surface area contributed by atoms with E-state index in [1.165, 1.54) is 6.08 Å². The first-order valence-electron chi connectivity index (χ1n) is 8.37. The summed E-state index contributed by atoms with van der Waals surface area (Å²) >= 11 is 0. The highest BCUT2D eigenvalue weighted by Crippen LogP contribution is 2.28. The predicted octanol–water partition coefficient (Wildman–Crippen LogP) is 0.248. The molecule has 0 bridgehead atoms. The van der Waals surface area contributed by atoms with Crippen molar-refractivity contribution < 1.29 is 9.53 Å². The zero-order valence-corrected chi connectivity index (χ0v) is 14.4. The van der Waals surface area contributed by atoms with Gasteiger partial charge in [0, 0.05) is 31.7 Å². The van der Waals surface area contributed by atoms with E-state index in [1.807, 2.05) is 0 Å². The van der Waals surface area contributed by atoms with Crippen LogP contribution in [0.1, 0.15) is 17.7 Å². The molecule has 132 valence electrons. The first-order chi connectivity index (χ1) is 12.2. The number of hydrogen-bond acceptors (Lipinski definition) is 7. The molecule has 1 fully saturated rings. The van der Waals surface area contributed by atoms with Gasteiger partial charge < -0.3 is 19.9 Å². The van der Waals surface area contributed by atoms with Crippen molar-refractivity contribution in [2.75, 3.05) is 38.2 Å². The van der Waals surface area contributed by atoms with Crippen LogP contribution >= 0.6 is 0 Å². The monoisotopic (exact) mass is 342 g/mol. The smallest absolute Gasteiger partial charge is 0.318 e.